The number of carbonyl (C=O) groups excluding carboxylic acids is 1. The van der Waals surface area contributed by atoms with Crippen molar-refractivity contribution >= 4 is 49.1 Å². The highest BCUT2D eigenvalue weighted by Crippen LogP contribution is 2.33. The summed E-state index contributed by atoms with van der Waals surface area (Å²) in [5, 5.41) is 3.92. The molecule has 1 amide bonds. The number of hydrogen-bond donors (Lipinski definition) is 3. The Balaban J connectivity index is 1.53. The van der Waals surface area contributed by atoms with E-state index in [4.69, 9.17) is 0 Å². The number of rotatable bonds is 5. The molecule has 3 aromatic carbocycles. The lowest BCUT2D eigenvalue weighted by molar-refractivity contribution is 0.102. The zero-order chi connectivity index (χ0) is 28.1. The minimum atomic E-state index is -4.08. The van der Waals surface area contributed by atoms with Crippen LogP contribution in [-0.2, 0) is 15.4 Å². The number of anilines is 2. The number of aromatic nitrogens is 2. The van der Waals surface area contributed by atoms with Crippen LogP contribution in [0.4, 0.5) is 15.8 Å². The van der Waals surface area contributed by atoms with Crippen LogP contribution in [-0.4, -0.2) is 31.3 Å². The van der Waals surface area contributed by atoms with Gasteiger partial charge in [-0.25, -0.2) is 12.8 Å². The van der Waals surface area contributed by atoms with Gasteiger partial charge in [0, 0.05) is 41.5 Å². The lowest BCUT2D eigenvalue weighted by Gasteiger charge is -2.23. The molecule has 0 aliphatic rings. The molecule has 0 fully saturated rings. The molecule has 3 N–H and O–H groups in total. The lowest BCUT2D eigenvalue weighted by Crippen LogP contribution is -2.27. The fourth-order valence-electron chi connectivity index (χ4n) is 4.49. The van der Waals surface area contributed by atoms with Gasteiger partial charge in [0.05, 0.1) is 10.6 Å². The van der Waals surface area contributed by atoms with Gasteiger partial charge >= 0.3 is 0 Å². The number of pyridine rings is 1. The largest absolute Gasteiger partial charge is 0.361 e. The second-order valence-electron chi connectivity index (χ2n) is 10.4. The first-order valence-corrected chi connectivity index (χ1v) is 13.6. The van der Waals surface area contributed by atoms with Crippen LogP contribution in [0.2, 0.25) is 0 Å². The van der Waals surface area contributed by atoms with Gasteiger partial charge in [-0.1, -0.05) is 20.8 Å². The van der Waals surface area contributed by atoms with Crippen molar-refractivity contribution < 1.29 is 17.6 Å². The Morgan fingerprint density at radius 1 is 0.949 bits per heavy atom. The molecular formula is C29H27FN4O4S. The van der Waals surface area contributed by atoms with Crippen LogP contribution < -0.4 is 15.1 Å². The van der Waals surface area contributed by atoms with E-state index in [-0.39, 0.29) is 26.9 Å². The molecule has 0 saturated carbocycles. The van der Waals surface area contributed by atoms with Gasteiger partial charge in [0.25, 0.3) is 15.9 Å². The first-order valence-electron chi connectivity index (χ1n) is 12.2. The molecule has 0 bridgehead atoms. The molecule has 2 aromatic heterocycles. The monoisotopic (exact) mass is 546 g/mol. The summed E-state index contributed by atoms with van der Waals surface area (Å²) in [4.78, 5) is 32.7. The van der Waals surface area contributed by atoms with Crippen molar-refractivity contribution in [2.45, 2.75) is 31.1 Å². The average molecular weight is 547 g/mol. The molecule has 200 valence electrons. The van der Waals surface area contributed by atoms with Crippen molar-refractivity contribution in [2.75, 3.05) is 16.7 Å². The minimum Gasteiger partial charge on any atom is -0.361 e. The number of amides is 1. The van der Waals surface area contributed by atoms with Crippen molar-refractivity contribution in [3.05, 3.63) is 100 Å². The van der Waals surface area contributed by atoms with Gasteiger partial charge < -0.3 is 15.3 Å². The quantitative estimate of drug-likeness (QED) is 0.269. The van der Waals surface area contributed by atoms with E-state index in [0.29, 0.717) is 11.2 Å². The van der Waals surface area contributed by atoms with Crippen molar-refractivity contribution in [3.8, 4) is 0 Å². The third-order valence-corrected chi connectivity index (χ3v) is 8.47. The molecule has 0 radical (unpaired) electrons. The molecule has 5 aromatic rings. The molecule has 0 saturated heterocycles. The Morgan fingerprint density at radius 2 is 1.67 bits per heavy atom. The molecular weight excluding hydrogens is 519 g/mol. The summed E-state index contributed by atoms with van der Waals surface area (Å²) >= 11 is 0. The van der Waals surface area contributed by atoms with Crippen LogP contribution >= 0.6 is 0 Å². The van der Waals surface area contributed by atoms with E-state index in [9.17, 15) is 22.4 Å². The number of sulfonamides is 1. The van der Waals surface area contributed by atoms with Gasteiger partial charge in [0.15, 0.2) is 0 Å². The smallest absolute Gasteiger partial charge is 0.264 e. The standard InChI is InChI=1S/C29H27FN4O4S/c1-29(2,3)23-13-17-11-12-31-25(17)15-26(23)33-28(36)22-16-32-24-10-9-20(14-21(24)27(22)35)39(37,38)34(4)19-7-5-18(30)6-8-19/h5-16,31H,1-4H3,(H,32,35)(H,33,36). The van der Waals surface area contributed by atoms with Crippen molar-refractivity contribution in [2.24, 2.45) is 0 Å². The first kappa shape index (κ1) is 26.2. The van der Waals surface area contributed by atoms with E-state index in [1.54, 1.807) is 0 Å². The molecule has 0 spiro atoms. The van der Waals surface area contributed by atoms with E-state index in [0.717, 1.165) is 32.9 Å². The Kier molecular flexibility index (Phi) is 6.30. The fraction of sp³-hybridized carbons (Fsp3) is 0.172. The van der Waals surface area contributed by atoms with Crippen molar-refractivity contribution in [1.29, 1.82) is 0 Å². The molecule has 39 heavy (non-hydrogen) atoms. The van der Waals surface area contributed by atoms with E-state index < -0.39 is 27.2 Å². The maximum absolute atomic E-state index is 13.4. The van der Waals surface area contributed by atoms with Crippen LogP contribution in [0.1, 0.15) is 36.7 Å². The van der Waals surface area contributed by atoms with Crippen LogP contribution in [0.5, 0.6) is 0 Å². The predicted octanol–water partition coefficient (Wildman–Crippen LogP) is 5.52. The van der Waals surface area contributed by atoms with E-state index in [1.165, 1.54) is 43.6 Å². The molecule has 8 nitrogen and oxygen atoms in total. The topological polar surface area (TPSA) is 115 Å². The zero-order valence-corrected chi connectivity index (χ0v) is 22.6. The number of nitrogens with one attached hydrogen (secondary N) is 3. The highest BCUT2D eigenvalue weighted by atomic mass is 32.2. The van der Waals surface area contributed by atoms with Gasteiger partial charge in [-0.15, -0.1) is 0 Å². The van der Waals surface area contributed by atoms with Gasteiger partial charge in [-0.2, -0.15) is 0 Å². The summed E-state index contributed by atoms with van der Waals surface area (Å²) in [6, 6.07) is 14.9. The first-order chi connectivity index (χ1) is 18.4. The molecule has 5 rings (SSSR count). The Morgan fingerprint density at radius 3 is 2.36 bits per heavy atom. The number of hydrogen-bond acceptors (Lipinski definition) is 4. The van der Waals surface area contributed by atoms with Crippen molar-refractivity contribution in [3.63, 3.8) is 0 Å². The second kappa shape index (κ2) is 9.39. The van der Waals surface area contributed by atoms with Crippen LogP contribution in [0.3, 0.4) is 0 Å². The number of fused-ring (bicyclic) bond motifs is 2. The SMILES string of the molecule is CN(c1ccc(F)cc1)S(=O)(=O)c1ccc2[nH]cc(C(=O)Nc3cc4[nH]ccc4cc3C(C)(C)C)c(=O)c2c1. The average Bonchev–Trinajstić information content (AvgIpc) is 3.35. The predicted molar refractivity (Wildman–Crippen MR) is 152 cm³/mol. The number of halogens is 1. The summed E-state index contributed by atoms with van der Waals surface area (Å²) in [6.45, 7) is 6.10. The third-order valence-electron chi connectivity index (χ3n) is 6.69. The minimum absolute atomic E-state index is 0.0482. The number of carbonyl (C=O) groups is 1. The summed E-state index contributed by atoms with van der Waals surface area (Å²) in [5.41, 5.74) is 1.89. The van der Waals surface area contributed by atoms with Crippen LogP contribution in [0, 0.1) is 5.82 Å². The number of aromatic amines is 2. The van der Waals surface area contributed by atoms with Gasteiger partial charge in [0.1, 0.15) is 11.4 Å². The molecule has 0 aliphatic carbocycles. The van der Waals surface area contributed by atoms with E-state index in [1.807, 2.05) is 45.2 Å². The van der Waals surface area contributed by atoms with Gasteiger partial charge in [-0.05, 0) is 77.0 Å². The normalized spacial score (nSPS) is 12.1. The van der Waals surface area contributed by atoms with Crippen molar-refractivity contribution in [1.82, 2.24) is 9.97 Å². The Labute approximate surface area is 224 Å². The molecule has 0 atom stereocenters. The molecule has 0 aliphatic heterocycles. The summed E-state index contributed by atoms with van der Waals surface area (Å²) < 4.78 is 40.9. The maximum atomic E-state index is 13.4. The third kappa shape index (κ3) is 4.79. The Bertz CT molecular complexity index is 1900. The van der Waals surface area contributed by atoms with Crippen LogP contribution in [0.15, 0.2) is 82.7 Å². The summed E-state index contributed by atoms with van der Waals surface area (Å²) in [5.74, 6) is -1.11. The second-order valence-corrected chi connectivity index (χ2v) is 12.3. The molecule has 0 unspecified atom stereocenters. The Hall–Kier alpha value is -4.44. The number of H-pyrrole nitrogens is 2. The van der Waals surface area contributed by atoms with Gasteiger partial charge in [-0.3, -0.25) is 13.9 Å². The number of nitrogens with zero attached hydrogens (tertiary/aromatic N) is 1. The number of benzene rings is 3. The molecule has 2 heterocycles. The molecule has 10 heteroatoms. The van der Waals surface area contributed by atoms with Crippen LogP contribution in [0.25, 0.3) is 21.8 Å². The lowest BCUT2D eigenvalue weighted by atomic mass is 9.85. The van der Waals surface area contributed by atoms with E-state index in [2.05, 4.69) is 15.3 Å². The highest BCUT2D eigenvalue weighted by molar-refractivity contribution is 7.92. The summed E-state index contributed by atoms with van der Waals surface area (Å²) in [6.07, 6.45) is 3.14. The van der Waals surface area contributed by atoms with Gasteiger partial charge in [0.2, 0.25) is 5.43 Å². The zero-order valence-electron chi connectivity index (χ0n) is 21.8. The highest BCUT2D eigenvalue weighted by Gasteiger charge is 2.24. The fourth-order valence-corrected chi connectivity index (χ4v) is 5.71. The van der Waals surface area contributed by atoms with E-state index >= 15 is 0 Å². The maximum Gasteiger partial charge on any atom is 0.264 e. The summed E-state index contributed by atoms with van der Waals surface area (Å²) in [7, 11) is -2.74.